The standard InChI is InChI=1S/C33H39Cl2N3O5S/c1-4-29(33(40)36-26-10-6-7-11-26)37(21-24-16-17-25(34)20-28(24)35)32(39)22-38(30-12-8-9-13-31(30)43-5-2)44(41,42)27-18-14-23(3)15-19-27/h8-9,12-20,26,29H,4-7,10-11,21-22H2,1-3H3,(H,36,40). The van der Waals surface area contributed by atoms with Crippen molar-refractivity contribution in [2.24, 2.45) is 0 Å². The fourth-order valence-corrected chi connectivity index (χ4v) is 7.30. The zero-order valence-corrected chi connectivity index (χ0v) is 27.6. The second kappa shape index (κ2) is 15.1. The van der Waals surface area contributed by atoms with Crippen molar-refractivity contribution in [1.82, 2.24) is 10.2 Å². The van der Waals surface area contributed by atoms with Gasteiger partial charge in [-0.2, -0.15) is 0 Å². The zero-order valence-electron chi connectivity index (χ0n) is 25.3. The van der Waals surface area contributed by atoms with Crippen LogP contribution in [0.2, 0.25) is 10.0 Å². The first-order valence-corrected chi connectivity index (χ1v) is 17.1. The predicted molar refractivity (Wildman–Crippen MR) is 175 cm³/mol. The molecule has 4 rings (SSSR count). The van der Waals surface area contributed by atoms with Gasteiger partial charge in [0.05, 0.1) is 17.2 Å². The van der Waals surface area contributed by atoms with Gasteiger partial charge < -0.3 is 15.0 Å². The van der Waals surface area contributed by atoms with Gasteiger partial charge in [-0.15, -0.1) is 0 Å². The number of aryl methyl sites for hydroxylation is 1. The molecule has 1 N–H and O–H groups in total. The molecule has 1 unspecified atom stereocenters. The molecular formula is C33H39Cl2N3O5S. The topological polar surface area (TPSA) is 96.0 Å². The molecule has 0 heterocycles. The van der Waals surface area contributed by atoms with Crippen molar-refractivity contribution < 1.29 is 22.7 Å². The number of nitrogens with one attached hydrogen (secondary N) is 1. The summed E-state index contributed by atoms with van der Waals surface area (Å²) in [6, 6.07) is 17.3. The summed E-state index contributed by atoms with van der Waals surface area (Å²) in [6.07, 6.45) is 4.16. The quantitative estimate of drug-likeness (QED) is 0.219. The Balaban J connectivity index is 1.77. The Labute approximate surface area is 270 Å². The van der Waals surface area contributed by atoms with E-state index in [1.165, 1.54) is 17.0 Å². The molecule has 236 valence electrons. The molecule has 0 bridgehead atoms. The summed E-state index contributed by atoms with van der Waals surface area (Å²) in [5.41, 5.74) is 1.70. The minimum Gasteiger partial charge on any atom is -0.492 e. The Morgan fingerprint density at radius 2 is 1.68 bits per heavy atom. The van der Waals surface area contributed by atoms with E-state index < -0.39 is 28.5 Å². The van der Waals surface area contributed by atoms with Crippen LogP contribution in [0.3, 0.4) is 0 Å². The third-order valence-electron chi connectivity index (χ3n) is 7.76. The molecule has 0 saturated heterocycles. The summed E-state index contributed by atoms with van der Waals surface area (Å²) in [4.78, 5) is 29.5. The lowest BCUT2D eigenvalue weighted by atomic mass is 10.1. The van der Waals surface area contributed by atoms with Crippen LogP contribution in [0.15, 0.2) is 71.6 Å². The van der Waals surface area contributed by atoms with E-state index in [4.69, 9.17) is 27.9 Å². The Bertz CT molecular complexity index is 1560. The molecule has 3 aromatic rings. The van der Waals surface area contributed by atoms with E-state index in [2.05, 4.69) is 5.32 Å². The van der Waals surface area contributed by atoms with Crippen LogP contribution < -0.4 is 14.4 Å². The number of sulfonamides is 1. The van der Waals surface area contributed by atoms with Gasteiger partial charge in [0.2, 0.25) is 11.8 Å². The third-order valence-corrected chi connectivity index (χ3v) is 10.1. The molecular weight excluding hydrogens is 621 g/mol. The molecule has 1 aliphatic rings. The fraction of sp³-hybridized carbons (Fsp3) is 0.394. The van der Waals surface area contributed by atoms with Crippen LogP contribution in [0.4, 0.5) is 5.69 Å². The van der Waals surface area contributed by atoms with Gasteiger partial charge in [-0.25, -0.2) is 8.42 Å². The summed E-state index contributed by atoms with van der Waals surface area (Å²) < 4.78 is 35.2. The highest BCUT2D eigenvalue weighted by molar-refractivity contribution is 7.92. The predicted octanol–water partition coefficient (Wildman–Crippen LogP) is 6.76. The largest absolute Gasteiger partial charge is 0.492 e. The Hall–Kier alpha value is -3.27. The van der Waals surface area contributed by atoms with Crippen molar-refractivity contribution in [3.8, 4) is 5.75 Å². The van der Waals surface area contributed by atoms with Crippen LogP contribution in [-0.2, 0) is 26.2 Å². The van der Waals surface area contributed by atoms with Crippen LogP contribution in [0.25, 0.3) is 0 Å². The van der Waals surface area contributed by atoms with Crippen molar-refractivity contribution in [3.63, 3.8) is 0 Å². The SMILES string of the molecule is CCOc1ccccc1N(CC(=O)N(Cc1ccc(Cl)cc1Cl)C(CC)C(=O)NC1CCCC1)S(=O)(=O)c1ccc(C)cc1. The number of carbonyl (C=O) groups is 2. The molecule has 0 aromatic heterocycles. The molecule has 0 spiro atoms. The van der Waals surface area contributed by atoms with E-state index in [-0.39, 0.29) is 29.1 Å². The normalized spacial score (nSPS) is 14.2. The summed E-state index contributed by atoms with van der Waals surface area (Å²) in [5, 5.41) is 3.88. The second-order valence-electron chi connectivity index (χ2n) is 10.9. The monoisotopic (exact) mass is 659 g/mol. The first kappa shape index (κ1) is 33.6. The van der Waals surface area contributed by atoms with Gasteiger partial charge in [0.1, 0.15) is 18.3 Å². The number of rotatable bonds is 13. The van der Waals surface area contributed by atoms with Crippen LogP contribution in [-0.4, -0.2) is 50.4 Å². The molecule has 0 aliphatic heterocycles. The Kier molecular flexibility index (Phi) is 11.6. The number of benzene rings is 3. The number of hydrogen-bond acceptors (Lipinski definition) is 5. The van der Waals surface area contributed by atoms with Gasteiger partial charge >= 0.3 is 0 Å². The number of carbonyl (C=O) groups excluding carboxylic acids is 2. The minimum absolute atomic E-state index is 0.0169. The molecule has 1 atom stereocenters. The molecule has 0 radical (unpaired) electrons. The number of halogens is 2. The van der Waals surface area contributed by atoms with Crippen LogP contribution >= 0.6 is 23.2 Å². The number of amides is 2. The summed E-state index contributed by atoms with van der Waals surface area (Å²) in [5.74, 6) is -0.524. The van der Waals surface area contributed by atoms with Crippen LogP contribution in [0.5, 0.6) is 5.75 Å². The second-order valence-corrected chi connectivity index (χ2v) is 13.6. The lowest BCUT2D eigenvalue weighted by Gasteiger charge is -2.34. The van der Waals surface area contributed by atoms with E-state index in [0.717, 1.165) is 35.6 Å². The lowest BCUT2D eigenvalue weighted by molar-refractivity contribution is -0.140. The molecule has 3 aromatic carbocycles. The van der Waals surface area contributed by atoms with Crippen LogP contribution in [0, 0.1) is 6.92 Å². The molecule has 1 aliphatic carbocycles. The van der Waals surface area contributed by atoms with E-state index in [1.807, 2.05) is 13.8 Å². The van der Waals surface area contributed by atoms with Gasteiger partial charge in [0.25, 0.3) is 10.0 Å². The Morgan fingerprint density at radius 3 is 2.32 bits per heavy atom. The highest BCUT2D eigenvalue weighted by Gasteiger charge is 2.35. The lowest BCUT2D eigenvalue weighted by Crippen LogP contribution is -2.53. The molecule has 2 amide bonds. The zero-order chi connectivity index (χ0) is 31.9. The Morgan fingerprint density at radius 1 is 1.00 bits per heavy atom. The van der Waals surface area contributed by atoms with Gasteiger partial charge in [0, 0.05) is 22.6 Å². The number of para-hydroxylation sites is 2. The van der Waals surface area contributed by atoms with E-state index in [1.54, 1.807) is 61.5 Å². The van der Waals surface area contributed by atoms with Crippen molar-refractivity contribution >= 4 is 50.7 Å². The van der Waals surface area contributed by atoms with E-state index >= 15 is 0 Å². The first-order valence-electron chi connectivity index (χ1n) is 14.9. The highest BCUT2D eigenvalue weighted by atomic mass is 35.5. The average Bonchev–Trinajstić information content (AvgIpc) is 3.50. The highest BCUT2D eigenvalue weighted by Crippen LogP contribution is 2.33. The average molecular weight is 661 g/mol. The maximum absolute atomic E-state index is 14.4. The fourth-order valence-electron chi connectivity index (χ4n) is 5.41. The van der Waals surface area contributed by atoms with Crippen molar-refractivity contribution in [2.45, 2.75) is 76.4 Å². The molecule has 1 fully saturated rings. The summed E-state index contributed by atoms with van der Waals surface area (Å²) in [6.45, 7) is 5.20. The smallest absolute Gasteiger partial charge is 0.264 e. The maximum Gasteiger partial charge on any atom is 0.264 e. The van der Waals surface area contributed by atoms with Crippen molar-refractivity contribution in [2.75, 3.05) is 17.5 Å². The molecule has 44 heavy (non-hydrogen) atoms. The first-order chi connectivity index (χ1) is 21.0. The number of nitrogens with zero attached hydrogens (tertiary/aromatic N) is 2. The van der Waals surface area contributed by atoms with Crippen LogP contribution in [0.1, 0.15) is 57.1 Å². The number of ether oxygens (including phenoxy) is 1. The van der Waals surface area contributed by atoms with E-state index in [9.17, 15) is 18.0 Å². The number of hydrogen-bond donors (Lipinski definition) is 1. The summed E-state index contributed by atoms with van der Waals surface area (Å²) in [7, 11) is -4.24. The van der Waals surface area contributed by atoms with Crippen molar-refractivity contribution in [3.05, 3.63) is 87.9 Å². The van der Waals surface area contributed by atoms with Gasteiger partial charge in [-0.05, 0) is 75.1 Å². The molecule has 11 heteroatoms. The van der Waals surface area contributed by atoms with Gasteiger partial charge in [-0.1, -0.05) is 78.9 Å². The molecule has 1 saturated carbocycles. The van der Waals surface area contributed by atoms with Crippen molar-refractivity contribution in [1.29, 1.82) is 0 Å². The number of anilines is 1. The minimum atomic E-state index is -4.24. The van der Waals surface area contributed by atoms with Gasteiger partial charge in [-0.3, -0.25) is 13.9 Å². The maximum atomic E-state index is 14.4. The summed E-state index contributed by atoms with van der Waals surface area (Å²) >= 11 is 12.7. The van der Waals surface area contributed by atoms with E-state index in [0.29, 0.717) is 34.4 Å². The van der Waals surface area contributed by atoms with Gasteiger partial charge in [0.15, 0.2) is 0 Å². The third kappa shape index (κ3) is 8.06. The molecule has 8 nitrogen and oxygen atoms in total.